The minimum atomic E-state index is 0.652. The maximum Gasteiger partial charge on any atom is 0.119 e. The van der Waals surface area contributed by atoms with Crippen LogP contribution in [0.5, 0.6) is 0 Å². The third-order valence-electron chi connectivity index (χ3n) is 5.18. The van der Waals surface area contributed by atoms with Crippen molar-refractivity contribution in [2.75, 3.05) is 0 Å². The van der Waals surface area contributed by atoms with Crippen LogP contribution in [0.25, 0.3) is 11.3 Å². The van der Waals surface area contributed by atoms with Crippen molar-refractivity contribution in [1.29, 1.82) is 0 Å². The molecule has 1 aromatic heterocycles. The normalized spacial score (nSPS) is 20.7. The van der Waals surface area contributed by atoms with Crippen molar-refractivity contribution in [3.63, 3.8) is 0 Å². The van der Waals surface area contributed by atoms with Crippen LogP contribution in [-0.4, -0.2) is 11.3 Å². The SMILES string of the molecule is O=CCCCC1CCC(c2ccc(-c3ccc(Br)cc3)nc2)CC1. The second-order valence-electron chi connectivity index (χ2n) is 6.80. The van der Waals surface area contributed by atoms with Gasteiger partial charge in [-0.05, 0) is 67.7 Å². The summed E-state index contributed by atoms with van der Waals surface area (Å²) in [5, 5.41) is 0. The summed E-state index contributed by atoms with van der Waals surface area (Å²) in [7, 11) is 0. The van der Waals surface area contributed by atoms with Gasteiger partial charge in [-0.25, -0.2) is 0 Å². The molecule has 2 nitrogen and oxygen atoms in total. The second kappa shape index (κ2) is 8.57. The van der Waals surface area contributed by atoms with Gasteiger partial charge in [0, 0.05) is 22.7 Å². The van der Waals surface area contributed by atoms with E-state index in [4.69, 9.17) is 0 Å². The van der Waals surface area contributed by atoms with Gasteiger partial charge in [0.05, 0.1) is 5.69 Å². The lowest BCUT2D eigenvalue weighted by Crippen LogP contribution is -2.13. The van der Waals surface area contributed by atoms with E-state index in [1.54, 1.807) is 0 Å². The van der Waals surface area contributed by atoms with Crippen LogP contribution in [0.15, 0.2) is 47.1 Å². The van der Waals surface area contributed by atoms with Crippen LogP contribution in [0.3, 0.4) is 0 Å². The maximum absolute atomic E-state index is 10.4. The van der Waals surface area contributed by atoms with Gasteiger partial charge in [-0.2, -0.15) is 0 Å². The molecule has 0 amide bonds. The van der Waals surface area contributed by atoms with Crippen molar-refractivity contribution in [2.24, 2.45) is 5.92 Å². The number of hydrogen-bond donors (Lipinski definition) is 0. The molecule has 1 aromatic carbocycles. The number of rotatable bonds is 6. The molecule has 3 rings (SSSR count). The topological polar surface area (TPSA) is 30.0 Å². The minimum Gasteiger partial charge on any atom is -0.303 e. The van der Waals surface area contributed by atoms with Crippen LogP contribution in [0, 0.1) is 5.92 Å². The van der Waals surface area contributed by atoms with E-state index in [2.05, 4.69) is 63.5 Å². The number of benzene rings is 1. The van der Waals surface area contributed by atoms with Crippen molar-refractivity contribution in [1.82, 2.24) is 4.98 Å². The highest BCUT2D eigenvalue weighted by Gasteiger charge is 2.22. The first-order chi connectivity index (χ1) is 11.8. The molecule has 0 bridgehead atoms. The Labute approximate surface area is 152 Å². The van der Waals surface area contributed by atoms with Gasteiger partial charge in [-0.15, -0.1) is 0 Å². The summed E-state index contributed by atoms with van der Waals surface area (Å²) in [6, 6.07) is 12.7. The molecular weight excluding hydrogens is 362 g/mol. The standard InChI is InChI=1S/C21H24BrNO/c22-20-11-8-18(9-12-20)21-13-10-19(15-23-21)17-6-4-16(5-7-17)3-1-2-14-24/h8-17H,1-7H2. The van der Waals surface area contributed by atoms with Crippen LogP contribution in [0.4, 0.5) is 0 Å². The fraction of sp³-hybridized carbons (Fsp3) is 0.429. The summed E-state index contributed by atoms with van der Waals surface area (Å²) in [4.78, 5) is 15.1. The molecule has 126 valence electrons. The molecule has 0 unspecified atom stereocenters. The van der Waals surface area contributed by atoms with Gasteiger partial charge >= 0.3 is 0 Å². The molecule has 0 atom stereocenters. The molecule has 3 heteroatoms. The highest BCUT2D eigenvalue weighted by Crippen LogP contribution is 2.37. The number of hydrogen-bond acceptors (Lipinski definition) is 2. The number of unbranched alkanes of at least 4 members (excludes halogenated alkanes) is 1. The number of aldehydes is 1. The number of pyridine rings is 1. The minimum absolute atomic E-state index is 0.652. The van der Waals surface area contributed by atoms with Crippen molar-refractivity contribution in [2.45, 2.75) is 50.9 Å². The van der Waals surface area contributed by atoms with E-state index in [-0.39, 0.29) is 0 Å². The van der Waals surface area contributed by atoms with E-state index in [0.29, 0.717) is 5.92 Å². The predicted molar refractivity (Wildman–Crippen MR) is 102 cm³/mol. The summed E-state index contributed by atoms with van der Waals surface area (Å²) in [5.74, 6) is 1.47. The number of nitrogens with zero attached hydrogens (tertiary/aromatic N) is 1. The van der Waals surface area contributed by atoms with Gasteiger partial charge in [-0.1, -0.05) is 40.5 Å². The first-order valence-corrected chi connectivity index (χ1v) is 9.71. The van der Waals surface area contributed by atoms with Crippen LogP contribution < -0.4 is 0 Å². The highest BCUT2D eigenvalue weighted by molar-refractivity contribution is 9.10. The van der Waals surface area contributed by atoms with E-state index in [1.165, 1.54) is 37.7 Å². The van der Waals surface area contributed by atoms with E-state index < -0.39 is 0 Å². The average molecular weight is 386 g/mol. The van der Waals surface area contributed by atoms with Gasteiger partial charge in [0.25, 0.3) is 0 Å². The fourth-order valence-corrected chi connectivity index (χ4v) is 3.98. The van der Waals surface area contributed by atoms with Crippen LogP contribution in [-0.2, 0) is 4.79 Å². The average Bonchev–Trinajstić information content (AvgIpc) is 2.63. The molecular formula is C21H24BrNO. The van der Waals surface area contributed by atoms with Crippen molar-refractivity contribution < 1.29 is 4.79 Å². The van der Waals surface area contributed by atoms with Gasteiger partial charge in [-0.3, -0.25) is 4.98 Å². The van der Waals surface area contributed by atoms with Crippen LogP contribution >= 0.6 is 15.9 Å². The molecule has 0 aliphatic heterocycles. The Morgan fingerprint density at radius 3 is 2.42 bits per heavy atom. The van der Waals surface area contributed by atoms with Crippen LogP contribution in [0.1, 0.15) is 56.4 Å². The number of halogens is 1. The number of aromatic nitrogens is 1. The van der Waals surface area contributed by atoms with Crippen LogP contribution in [0.2, 0.25) is 0 Å². The third-order valence-corrected chi connectivity index (χ3v) is 5.71. The first kappa shape index (κ1) is 17.3. The molecule has 0 saturated heterocycles. The summed E-state index contributed by atoms with van der Waals surface area (Å²) in [6.45, 7) is 0. The lowest BCUT2D eigenvalue weighted by atomic mass is 9.77. The molecule has 0 N–H and O–H groups in total. The quantitative estimate of drug-likeness (QED) is 0.440. The third kappa shape index (κ3) is 4.54. The van der Waals surface area contributed by atoms with E-state index in [0.717, 1.165) is 40.8 Å². The summed E-state index contributed by atoms with van der Waals surface area (Å²) in [5.41, 5.74) is 3.57. The molecule has 2 aromatic rings. The summed E-state index contributed by atoms with van der Waals surface area (Å²) < 4.78 is 1.09. The zero-order chi connectivity index (χ0) is 16.8. The zero-order valence-electron chi connectivity index (χ0n) is 14.0. The Morgan fingerprint density at radius 1 is 1.04 bits per heavy atom. The van der Waals surface area contributed by atoms with Gasteiger partial charge < -0.3 is 4.79 Å². The number of carbonyl (C=O) groups excluding carboxylic acids is 1. The van der Waals surface area contributed by atoms with Crippen molar-refractivity contribution in [3.05, 3.63) is 52.6 Å². The largest absolute Gasteiger partial charge is 0.303 e. The van der Waals surface area contributed by atoms with Crippen molar-refractivity contribution >= 4 is 22.2 Å². The molecule has 0 spiro atoms. The Hall–Kier alpha value is -1.48. The Morgan fingerprint density at radius 2 is 1.79 bits per heavy atom. The van der Waals surface area contributed by atoms with E-state index >= 15 is 0 Å². The molecule has 1 heterocycles. The van der Waals surface area contributed by atoms with E-state index in [1.807, 2.05) is 0 Å². The summed E-state index contributed by atoms with van der Waals surface area (Å²) in [6.07, 6.45) is 11.2. The molecule has 24 heavy (non-hydrogen) atoms. The van der Waals surface area contributed by atoms with E-state index in [9.17, 15) is 4.79 Å². The fourth-order valence-electron chi connectivity index (χ4n) is 3.71. The molecule has 1 aliphatic carbocycles. The molecule has 1 aliphatic rings. The smallest absolute Gasteiger partial charge is 0.119 e. The lowest BCUT2D eigenvalue weighted by molar-refractivity contribution is -0.108. The lowest BCUT2D eigenvalue weighted by Gasteiger charge is -2.28. The zero-order valence-corrected chi connectivity index (χ0v) is 15.5. The Bertz CT molecular complexity index is 643. The Balaban J connectivity index is 1.56. The Kier molecular flexibility index (Phi) is 6.19. The molecule has 1 fully saturated rings. The van der Waals surface area contributed by atoms with Gasteiger partial charge in [0.1, 0.15) is 6.29 Å². The van der Waals surface area contributed by atoms with Gasteiger partial charge in [0.15, 0.2) is 0 Å². The monoisotopic (exact) mass is 385 g/mol. The predicted octanol–water partition coefficient (Wildman–Crippen LogP) is 6.15. The molecule has 0 radical (unpaired) electrons. The van der Waals surface area contributed by atoms with Crippen molar-refractivity contribution in [3.8, 4) is 11.3 Å². The summed E-state index contributed by atoms with van der Waals surface area (Å²) >= 11 is 3.47. The first-order valence-electron chi connectivity index (χ1n) is 8.92. The number of carbonyl (C=O) groups is 1. The molecule has 1 saturated carbocycles. The second-order valence-corrected chi connectivity index (χ2v) is 7.71. The highest BCUT2D eigenvalue weighted by atomic mass is 79.9. The van der Waals surface area contributed by atoms with Gasteiger partial charge in [0.2, 0.25) is 0 Å². The maximum atomic E-state index is 10.4.